The second-order valence-corrected chi connectivity index (χ2v) is 4.47. The highest BCUT2D eigenvalue weighted by atomic mass is 19.1. The van der Waals surface area contributed by atoms with Gasteiger partial charge in [-0.15, -0.1) is 0 Å². The molecule has 1 aromatic heterocycles. The summed E-state index contributed by atoms with van der Waals surface area (Å²) in [5, 5.41) is 4.22. The number of aromatic nitrogens is 2. The number of rotatable bonds is 4. The van der Waals surface area contributed by atoms with Gasteiger partial charge in [0.15, 0.2) is 0 Å². The molecule has 1 unspecified atom stereocenters. The lowest BCUT2D eigenvalue weighted by molar-refractivity contribution is 0.597. The van der Waals surface area contributed by atoms with Crippen LogP contribution in [0, 0.1) is 5.82 Å². The zero-order chi connectivity index (χ0) is 13.1. The van der Waals surface area contributed by atoms with Gasteiger partial charge in [-0.2, -0.15) is 5.10 Å². The van der Waals surface area contributed by atoms with Crippen molar-refractivity contribution < 1.29 is 4.39 Å². The third-order valence-corrected chi connectivity index (χ3v) is 2.94. The Hall–Kier alpha value is -1.68. The Morgan fingerprint density at radius 2 is 2.17 bits per heavy atom. The van der Waals surface area contributed by atoms with E-state index in [4.69, 9.17) is 5.73 Å². The van der Waals surface area contributed by atoms with Crippen LogP contribution in [0.1, 0.15) is 31.9 Å². The fraction of sp³-hybridized carbons (Fsp3) is 0.357. The van der Waals surface area contributed by atoms with Crippen molar-refractivity contribution in [2.45, 2.75) is 32.9 Å². The van der Waals surface area contributed by atoms with Gasteiger partial charge < -0.3 is 5.73 Å². The van der Waals surface area contributed by atoms with Gasteiger partial charge >= 0.3 is 0 Å². The molecular weight excluding hydrogens is 229 g/mol. The molecule has 0 saturated heterocycles. The van der Waals surface area contributed by atoms with E-state index in [9.17, 15) is 4.39 Å². The van der Waals surface area contributed by atoms with Crippen LogP contribution in [0.25, 0.3) is 11.3 Å². The van der Waals surface area contributed by atoms with Crippen LogP contribution >= 0.6 is 0 Å². The minimum atomic E-state index is -0.239. The summed E-state index contributed by atoms with van der Waals surface area (Å²) < 4.78 is 15.8. The molecule has 0 aliphatic rings. The second-order valence-electron chi connectivity index (χ2n) is 4.47. The highest BCUT2D eigenvalue weighted by Gasteiger charge is 2.12. The predicted octanol–water partition coefficient (Wildman–Crippen LogP) is 3.12. The summed E-state index contributed by atoms with van der Waals surface area (Å²) in [5.41, 5.74) is 8.13. The average molecular weight is 247 g/mol. The Bertz CT molecular complexity index is 532. The summed E-state index contributed by atoms with van der Waals surface area (Å²) in [5.74, 6) is -0.239. The van der Waals surface area contributed by atoms with Gasteiger partial charge in [0.2, 0.25) is 0 Å². The van der Waals surface area contributed by atoms with Gasteiger partial charge in [-0.3, -0.25) is 4.68 Å². The Balaban J connectivity index is 2.48. The average Bonchev–Trinajstić information content (AvgIpc) is 2.78. The fourth-order valence-electron chi connectivity index (χ4n) is 1.97. The molecule has 0 fully saturated rings. The van der Waals surface area contributed by atoms with E-state index >= 15 is 0 Å². The summed E-state index contributed by atoms with van der Waals surface area (Å²) >= 11 is 0. The molecule has 0 spiro atoms. The van der Waals surface area contributed by atoms with E-state index in [0.29, 0.717) is 5.56 Å². The Labute approximate surface area is 106 Å². The van der Waals surface area contributed by atoms with Crippen LogP contribution in [0.15, 0.2) is 30.5 Å². The molecule has 1 atom stereocenters. The molecule has 0 amide bonds. The quantitative estimate of drug-likeness (QED) is 0.902. The number of nitrogens with zero attached hydrogens (tertiary/aromatic N) is 2. The van der Waals surface area contributed by atoms with Crippen molar-refractivity contribution in [3.63, 3.8) is 0 Å². The van der Waals surface area contributed by atoms with Crippen LogP contribution in [0.5, 0.6) is 0 Å². The minimum absolute atomic E-state index is 0.105. The summed E-state index contributed by atoms with van der Waals surface area (Å²) in [6, 6.07) is 6.73. The maximum absolute atomic E-state index is 13.9. The van der Waals surface area contributed by atoms with Gasteiger partial charge in [-0.1, -0.05) is 13.0 Å². The number of benzene rings is 1. The normalized spacial score (nSPS) is 12.7. The van der Waals surface area contributed by atoms with E-state index in [2.05, 4.69) is 12.0 Å². The molecule has 4 heteroatoms. The lowest BCUT2D eigenvalue weighted by atomic mass is 10.0. The van der Waals surface area contributed by atoms with E-state index in [1.54, 1.807) is 12.3 Å². The molecule has 0 aliphatic carbocycles. The number of aryl methyl sites for hydroxylation is 1. The summed E-state index contributed by atoms with van der Waals surface area (Å²) in [4.78, 5) is 0. The first-order valence-electron chi connectivity index (χ1n) is 6.20. The third-order valence-electron chi connectivity index (χ3n) is 2.94. The largest absolute Gasteiger partial charge is 0.324 e. The molecule has 3 nitrogen and oxygen atoms in total. The smallest absolute Gasteiger partial charge is 0.132 e. The van der Waals surface area contributed by atoms with Crippen LogP contribution in [-0.2, 0) is 6.54 Å². The van der Waals surface area contributed by atoms with Crippen molar-refractivity contribution in [2.24, 2.45) is 5.73 Å². The fourth-order valence-corrected chi connectivity index (χ4v) is 1.97. The van der Waals surface area contributed by atoms with Gasteiger partial charge in [0.05, 0.1) is 5.69 Å². The molecule has 96 valence electrons. The monoisotopic (exact) mass is 247 g/mol. The molecule has 0 bridgehead atoms. The van der Waals surface area contributed by atoms with Crippen molar-refractivity contribution >= 4 is 0 Å². The van der Waals surface area contributed by atoms with Crippen molar-refractivity contribution in [1.82, 2.24) is 9.78 Å². The molecule has 0 aliphatic heterocycles. The van der Waals surface area contributed by atoms with Gasteiger partial charge in [0, 0.05) is 24.3 Å². The molecule has 1 aromatic carbocycles. The lowest BCUT2D eigenvalue weighted by Gasteiger charge is -2.11. The van der Waals surface area contributed by atoms with Crippen LogP contribution < -0.4 is 5.73 Å². The summed E-state index contributed by atoms with van der Waals surface area (Å²) in [7, 11) is 0. The van der Waals surface area contributed by atoms with Crippen LogP contribution in [0.4, 0.5) is 4.39 Å². The van der Waals surface area contributed by atoms with E-state index in [1.807, 2.05) is 23.7 Å². The van der Waals surface area contributed by atoms with Crippen molar-refractivity contribution in [3.8, 4) is 11.3 Å². The molecule has 0 radical (unpaired) electrons. The van der Waals surface area contributed by atoms with Crippen LogP contribution in [-0.4, -0.2) is 9.78 Å². The predicted molar refractivity (Wildman–Crippen MR) is 70.5 cm³/mol. The Morgan fingerprint density at radius 1 is 1.39 bits per heavy atom. The number of nitrogens with two attached hydrogens (primary N) is 1. The maximum atomic E-state index is 13.9. The molecule has 2 N–H and O–H groups in total. The zero-order valence-electron chi connectivity index (χ0n) is 10.7. The van der Waals surface area contributed by atoms with Crippen molar-refractivity contribution in [1.29, 1.82) is 0 Å². The molecule has 2 rings (SSSR count). The topological polar surface area (TPSA) is 43.8 Å². The molecule has 18 heavy (non-hydrogen) atoms. The van der Waals surface area contributed by atoms with Gasteiger partial charge in [0.1, 0.15) is 5.82 Å². The molecule has 0 saturated carbocycles. The van der Waals surface area contributed by atoms with Gasteiger partial charge in [-0.05, 0) is 37.1 Å². The highest BCUT2D eigenvalue weighted by Crippen LogP contribution is 2.25. The van der Waals surface area contributed by atoms with E-state index in [1.165, 1.54) is 6.07 Å². The van der Waals surface area contributed by atoms with Gasteiger partial charge in [0.25, 0.3) is 0 Å². The first kappa shape index (κ1) is 12.8. The first-order chi connectivity index (χ1) is 8.63. The van der Waals surface area contributed by atoms with E-state index in [0.717, 1.165) is 24.2 Å². The zero-order valence-corrected chi connectivity index (χ0v) is 10.7. The molecule has 1 heterocycles. The van der Waals surface area contributed by atoms with Crippen molar-refractivity contribution in [2.75, 3.05) is 0 Å². The minimum Gasteiger partial charge on any atom is -0.324 e. The number of hydrogen-bond acceptors (Lipinski definition) is 2. The van der Waals surface area contributed by atoms with Crippen LogP contribution in [0.3, 0.4) is 0 Å². The lowest BCUT2D eigenvalue weighted by Crippen LogP contribution is -2.07. The molecule has 2 aromatic rings. The van der Waals surface area contributed by atoms with Crippen molar-refractivity contribution in [3.05, 3.63) is 41.8 Å². The number of halogens is 1. The van der Waals surface area contributed by atoms with Crippen LogP contribution in [0.2, 0.25) is 0 Å². The molecular formula is C14H18FN3. The third kappa shape index (κ3) is 2.43. The highest BCUT2D eigenvalue weighted by molar-refractivity contribution is 5.61. The first-order valence-corrected chi connectivity index (χ1v) is 6.20. The SMILES string of the molecule is CCCn1nccc1-c1cc(C(C)N)ccc1F. The summed E-state index contributed by atoms with van der Waals surface area (Å²) in [6.45, 7) is 4.74. The van der Waals surface area contributed by atoms with E-state index < -0.39 is 0 Å². The Morgan fingerprint density at radius 3 is 2.83 bits per heavy atom. The maximum Gasteiger partial charge on any atom is 0.132 e. The van der Waals surface area contributed by atoms with Gasteiger partial charge in [-0.25, -0.2) is 4.39 Å². The second kappa shape index (κ2) is 5.31. The summed E-state index contributed by atoms with van der Waals surface area (Å²) in [6.07, 6.45) is 2.66. The van der Waals surface area contributed by atoms with E-state index in [-0.39, 0.29) is 11.9 Å². The number of hydrogen-bond donors (Lipinski definition) is 1. The Kier molecular flexibility index (Phi) is 3.77. The standard InChI is InChI=1S/C14H18FN3/c1-3-8-18-14(6-7-17-18)12-9-11(10(2)16)4-5-13(12)15/h4-7,9-10H,3,8,16H2,1-2H3.